The van der Waals surface area contributed by atoms with Crippen LogP contribution in [0.1, 0.15) is 26.3 Å². The van der Waals surface area contributed by atoms with Crippen molar-refractivity contribution in [2.45, 2.75) is 26.4 Å². The van der Waals surface area contributed by atoms with Crippen molar-refractivity contribution in [1.82, 2.24) is 4.90 Å². The average Bonchev–Trinajstić information content (AvgIpc) is 2.77. The molecule has 0 spiro atoms. The smallest absolute Gasteiger partial charge is 0.410 e. The third-order valence-electron chi connectivity index (χ3n) is 2.85. The fraction of sp³-hybridized carbons (Fsp3) is 0.400. The molecule has 0 atom stereocenters. The highest BCUT2D eigenvalue weighted by molar-refractivity contribution is 5.77. The van der Waals surface area contributed by atoms with E-state index in [2.05, 4.69) is 6.08 Å². The molecule has 2 rings (SSSR count). The van der Waals surface area contributed by atoms with Gasteiger partial charge in [0.25, 0.3) is 0 Å². The first-order chi connectivity index (χ1) is 8.85. The number of nitrogens with zero attached hydrogens (tertiary/aromatic N) is 1. The standard InChI is InChI=1S/C15H20N2O2/c1-15(2,3)19-14(18)17-9-8-12(10-17)11-4-6-13(16)7-5-11/h4-8H,9-10,16H2,1-3H3. The zero-order valence-corrected chi connectivity index (χ0v) is 11.6. The Morgan fingerprint density at radius 3 is 2.47 bits per heavy atom. The van der Waals surface area contributed by atoms with Gasteiger partial charge in [-0.25, -0.2) is 4.79 Å². The molecule has 2 N–H and O–H groups in total. The van der Waals surface area contributed by atoms with E-state index in [9.17, 15) is 4.79 Å². The highest BCUT2D eigenvalue weighted by Crippen LogP contribution is 2.23. The molecule has 0 fully saturated rings. The zero-order chi connectivity index (χ0) is 14.0. The van der Waals surface area contributed by atoms with E-state index in [4.69, 9.17) is 10.5 Å². The molecule has 1 aromatic carbocycles. The topological polar surface area (TPSA) is 55.6 Å². The van der Waals surface area contributed by atoms with Crippen molar-refractivity contribution < 1.29 is 9.53 Å². The summed E-state index contributed by atoms with van der Waals surface area (Å²) in [5.74, 6) is 0. The van der Waals surface area contributed by atoms with Crippen LogP contribution in [0.25, 0.3) is 5.57 Å². The monoisotopic (exact) mass is 260 g/mol. The summed E-state index contributed by atoms with van der Waals surface area (Å²) in [4.78, 5) is 13.6. The summed E-state index contributed by atoms with van der Waals surface area (Å²) in [6, 6.07) is 7.68. The van der Waals surface area contributed by atoms with Crippen LogP contribution in [0.15, 0.2) is 30.3 Å². The van der Waals surface area contributed by atoms with Crippen LogP contribution < -0.4 is 5.73 Å². The summed E-state index contributed by atoms with van der Waals surface area (Å²) < 4.78 is 5.36. The van der Waals surface area contributed by atoms with Gasteiger partial charge in [-0.1, -0.05) is 18.2 Å². The summed E-state index contributed by atoms with van der Waals surface area (Å²) in [7, 11) is 0. The van der Waals surface area contributed by atoms with Gasteiger partial charge in [-0.05, 0) is 44.0 Å². The minimum Gasteiger partial charge on any atom is -0.444 e. The predicted molar refractivity (Wildman–Crippen MR) is 76.6 cm³/mol. The second-order valence-electron chi connectivity index (χ2n) is 5.71. The molecule has 0 aliphatic carbocycles. The Labute approximate surface area is 113 Å². The van der Waals surface area contributed by atoms with E-state index in [1.165, 1.54) is 0 Å². The number of nitrogens with two attached hydrogens (primary N) is 1. The van der Waals surface area contributed by atoms with Gasteiger partial charge in [-0.15, -0.1) is 0 Å². The first kappa shape index (κ1) is 13.5. The van der Waals surface area contributed by atoms with Gasteiger partial charge < -0.3 is 15.4 Å². The third-order valence-corrected chi connectivity index (χ3v) is 2.85. The molecule has 0 radical (unpaired) electrons. The molecular formula is C15H20N2O2. The lowest BCUT2D eigenvalue weighted by atomic mass is 10.1. The van der Waals surface area contributed by atoms with Crippen LogP contribution in [0.3, 0.4) is 0 Å². The van der Waals surface area contributed by atoms with Crippen LogP contribution in [0.5, 0.6) is 0 Å². The summed E-state index contributed by atoms with van der Waals surface area (Å²) in [5, 5.41) is 0. The normalized spacial score (nSPS) is 15.3. The Hall–Kier alpha value is -1.97. The SMILES string of the molecule is CC(C)(C)OC(=O)N1CC=C(c2ccc(N)cc2)C1. The molecule has 4 nitrogen and oxygen atoms in total. The van der Waals surface area contributed by atoms with Crippen molar-refractivity contribution in [2.75, 3.05) is 18.8 Å². The third kappa shape index (κ3) is 3.50. The number of benzene rings is 1. The van der Waals surface area contributed by atoms with Crippen LogP contribution >= 0.6 is 0 Å². The Balaban J connectivity index is 1.99. The number of anilines is 1. The van der Waals surface area contributed by atoms with E-state index in [1.54, 1.807) is 4.90 Å². The predicted octanol–water partition coefficient (Wildman–Crippen LogP) is 2.90. The molecule has 0 aromatic heterocycles. The maximum Gasteiger partial charge on any atom is 0.410 e. The van der Waals surface area contributed by atoms with E-state index in [1.807, 2.05) is 45.0 Å². The molecular weight excluding hydrogens is 240 g/mol. The van der Waals surface area contributed by atoms with Gasteiger partial charge in [0.05, 0.1) is 0 Å². The van der Waals surface area contributed by atoms with Crippen molar-refractivity contribution in [1.29, 1.82) is 0 Å². The van der Waals surface area contributed by atoms with Crippen LogP contribution in [-0.2, 0) is 4.74 Å². The highest BCUT2D eigenvalue weighted by atomic mass is 16.6. The van der Waals surface area contributed by atoms with E-state index in [0.717, 1.165) is 16.8 Å². The number of nitrogen functional groups attached to an aromatic ring is 1. The Morgan fingerprint density at radius 1 is 1.26 bits per heavy atom. The van der Waals surface area contributed by atoms with Crippen molar-refractivity contribution in [3.63, 3.8) is 0 Å². The zero-order valence-electron chi connectivity index (χ0n) is 11.6. The molecule has 0 saturated carbocycles. The Morgan fingerprint density at radius 2 is 1.89 bits per heavy atom. The number of amides is 1. The van der Waals surface area contributed by atoms with Crippen LogP contribution in [0.4, 0.5) is 10.5 Å². The van der Waals surface area contributed by atoms with E-state index in [0.29, 0.717) is 13.1 Å². The van der Waals surface area contributed by atoms with Gasteiger partial charge in [-0.3, -0.25) is 0 Å². The molecule has 1 aliphatic rings. The minimum absolute atomic E-state index is 0.269. The molecule has 1 amide bonds. The number of carbonyl (C=O) groups is 1. The van der Waals surface area contributed by atoms with E-state index >= 15 is 0 Å². The molecule has 1 aliphatic heterocycles. The van der Waals surface area contributed by atoms with Gasteiger partial charge >= 0.3 is 6.09 Å². The second kappa shape index (κ2) is 4.96. The maximum atomic E-state index is 11.9. The number of hydrogen-bond donors (Lipinski definition) is 1. The first-order valence-corrected chi connectivity index (χ1v) is 6.38. The second-order valence-corrected chi connectivity index (χ2v) is 5.71. The Bertz CT molecular complexity index is 498. The largest absolute Gasteiger partial charge is 0.444 e. The molecule has 0 bridgehead atoms. The minimum atomic E-state index is -0.457. The van der Waals surface area contributed by atoms with E-state index < -0.39 is 5.60 Å². The van der Waals surface area contributed by atoms with Crippen molar-refractivity contribution in [2.24, 2.45) is 0 Å². The molecule has 4 heteroatoms. The fourth-order valence-electron chi connectivity index (χ4n) is 1.93. The van der Waals surface area contributed by atoms with Gasteiger partial charge in [0.2, 0.25) is 0 Å². The molecule has 1 aromatic rings. The van der Waals surface area contributed by atoms with E-state index in [-0.39, 0.29) is 6.09 Å². The van der Waals surface area contributed by atoms with Crippen molar-refractivity contribution in [3.8, 4) is 0 Å². The summed E-state index contributed by atoms with van der Waals surface area (Å²) in [6.45, 7) is 6.79. The number of ether oxygens (including phenoxy) is 1. The molecule has 0 saturated heterocycles. The lowest BCUT2D eigenvalue weighted by Crippen LogP contribution is -2.35. The first-order valence-electron chi connectivity index (χ1n) is 6.38. The number of hydrogen-bond acceptors (Lipinski definition) is 3. The molecule has 0 unspecified atom stereocenters. The quantitative estimate of drug-likeness (QED) is 0.790. The number of carbonyl (C=O) groups excluding carboxylic acids is 1. The van der Waals surface area contributed by atoms with Crippen LogP contribution in [0, 0.1) is 0 Å². The van der Waals surface area contributed by atoms with Gasteiger partial charge in [-0.2, -0.15) is 0 Å². The summed E-state index contributed by atoms with van der Waals surface area (Å²) in [6.07, 6.45) is 1.78. The van der Waals surface area contributed by atoms with Crippen LogP contribution in [-0.4, -0.2) is 29.7 Å². The Kier molecular flexibility index (Phi) is 3.51. The summed E-state index contributed by atoms with van der Waals surface area (Å²) in [5.41, 5.74) is 8.18. The lowest BCUT2D eigenvalue weighted by Gasteiger charge is -2.24. The molecule has 19 heavy (non-hydrogen) atoms. The van der Waals surface area contributed by atoms with Gasteiger partial charge in [0, 0.05) is 18.8 Å². The lowest BCUT2D eigenvalue weighted by molar-refractivity contribution is 0.0306. The maximum absolute atomic E-state index is 11.9. The van der Waals surface area contributed by atoms with Gasteiger partial charge in [0.1, 0.15) is 5.60 Å². The van der Waals surface area contributed by atoms with Gasteiger partial charge in [0.15, 0.2) is 0 Å². The highest BCUT2D eigenvalue weighted by Gasteiger charge is 2.25. The number of rotatable bonds is 1. The van der Waals surface area contributed by atoms with Crippen LogP contribution in [0.2, 0.25) is 0 Å². The molecule has 1 heterocycles. The summed E-state index contributed by atoms with van der Waals surface area (Å²) >= 11 is 0. The van der Waals surface area contributed by atoms with Crippen molar-refractivity contribution >= 4 is 17.4 Å². The molecule has 102 valence electrons. The average molecular weight is 260 g/mol. The fourth-order valence-corrected chi connectivity index (χ4v) is 1.93. The van der Waals surface area contributed by atoms with Crippen molar-refractivity contribution in [3.05, 3.63) is 35.9 Å².